The molecule has 0 aliphatic heterocycles. The van der Waals surface area contributed by atoms with Crippen LogP contribution in [-0.2, 0) is 5.75 Å². The summed E-state index contributed by atoms with van der Waals surface area (Å²) in [5.74, 6) is 1.67. The topological polar surface area (TPSA) is 67.9 Å². The Kier molecular flexibility index (Phi) is 4.41. The second-order valence-corrected chi connectivity index (χ2v) is 7.26. The van der Waals surface area contributed by atoms with Crippen molar-refractivity contribution in [1.29, 1.82) is 0 Å². The lowest BCUT2D eigenvalue weighted by Crippen LogP contribution is -1.98. The Balaban J connectivity index is 1.78. The summed E-state index contributed by atoms with van der Waals surface area (Å²) in [5, 5.41) is 0.835. The molecule has 3 aromatic rings. The van der Waals surface area contributed by atoms with E-state index in [0.29, 0.717) is 5.75 Å². The van der Waals surface area contributed by atoms with Crippen LogP contribution < -0.4 is 4.74 Å². The Morgan fingerprint density at radius 2 is 2.22 bits per heavy atom. The number of thioether (sulfide) groups is 1. The Morgan fingerprint density at radius 3 is 2.87 bits per heavy atom. The largest absolute Gasteiger partial charge is 0.496 e. The number of pyridine rings is 1. The van der Waals surface area contributed by atoms with Gasteiger partial charge in [-0.25, -0.2) is 4.98 Å². The molecule has 0 unspecified atom stereocenters. The summed E-state index contributed by atoms with van der Waals surface area (Å²) >= 11 is 3.01. The van der Waals surface area contributed by atoms with E-state index in [1.165, 1.54) is 11.3 Å². The van der Waals surface area contributed by atoms with Gasteiger partial charge in [-0.3, -0.25) is 9.78 Å². The second kappa shape index (κ2) is 6.33. The lowest BCUT2D eigenvalue weighted by atomic mass is 10.1. The highest BCUT2D eigenvalue weighted by Gasteiger charge is 2.13. The molecule has 0 saturated carbocycles. The summed E-state index contributed by atoms with van der Waals surface area (Å²) < 4.78 is 5.44. The third-order valence-electron chi connectivity index (χ3n) is 3.60. The van der Waals surface area contributed by atoms with Gasteiger partial charge in [0.15, 0.2) is 10.9 Å². The lowest BCUT2D eigenvalue weighted by Gasteiger charge is -2.11. The fourth-order valence-electron chi connectivity index (χ4n) is 2.38. The minimum absolute atomic E-state index is 0.0715. The van der Waals surface area contributed by atoms with Crippen molar-refractivity contribution in [2.45, 2.75) is 31.7 Å². The van der Waals surface area contributed by atoms with Gasteiger partial charge in [-0.1, -0.05) is 11.8 Å². The quantitative estimate of drug-likeness (QED) is 0.555. The van der Waals surface area contributed by atoms with Crippen LogP contribution in [0.3, 0.4) is 0 Å². The number of carbonyl (C=O) groups is 1. The molecule has 3 aromatic heterocycles. The van der Waals surface area contributed by atoms with Crippen molar-refractivity contribution < 1.29 is 9.53 Å². The minimum Gasteiger partial charge on any atom is -0.496 e. The first-order valence-electron chi connectivity index (χ1n) is 7.12. The van der Waals surface area contributed by atoms with E-state index in [2.05, 4.69) is 15.0 Å². The summed E-state index contributed by atoms with van der Waals surface area (Å²) in [4.78, 5) is 25.3. The van der Waals surface area contributed by atoms with E-state index in [4.69, 9.17) is 4.74 Å². The average Bonchev–Trinajstić information content (AvgIpc) is 3.05. The lowest BCUT2D eigenvalue weighted by molar-refractivity contribution is 0.102. The van der Waals surface area contributed by atoms with Crippen molar-refractivity contribution in [3.63, 3.8) is 0 Å². The zero-order valence-corrected chi connectivity index (χ0v) is 15.0. The predicted molar refractivity (Wildman–Crippen MR) is 93.8 cm³/mol. The molecule has 120 valence electrons. The maximum absolute atomic E-state index is 11.4. The predicted octanol–water partition coefficient (Wildman–Crippen LogP) is 4.14. The van der Waals surface area contributed by atoms with Crippen molar-refractivity contribution in [1.82, 2.24) is 15.0 Å². The van der Waals surface area contributed by atoms with Crippen molar-refractivity contribution in [3.8, 4) is 5.75 Å². The monoisotopic (exact) mass is 347 g/mol. The fraction of sp³-hybridized carbons (Fsp3) is 0.312. The number of rotatable bonds is 5. The standard InChI is InChI=1S/C16H17N3O2S2/c1-8-6-17-12(9(2)14(8)21-4)7-22-16-18-11-5-13(10(3)20)23-15(11)19-16/h5-6H,7H2,1-4H3,(H,18,19). The first-order valence-corrected chi connectivity index (χ1v) is 8.92. The van der Waals surface area contributed by atoms with Gasteiger partial charge in [0.1, 0.15) is 10.6 Å². The molecule has 0 aromatic carbocycles. The number of Topliss-reactive ketones (excluding diaryl/α,β-unsaturated/α-hetero) is 1. The van der Waals surface area contributed by atoms with Crippen molar-refractivity contribution in [3.05, 3.63) is 34.0 Å². The molecule has 0 amide bonds. The highest BCUT2D eigenvalue weighted by molar-refractivity contribution is 7.98. The number of hydrogen-bond acceptors (Lipinski definition) is 6. The minimum atomic E-state index is 0.0715. The highest BCUT2D eigenvalue weighted by Crippen LogP contribution is 2.31. The van der Waals surface area contributed by atoms with E-state index in [1.54, 1.807) is 25.8 Å². The van der Waals surface area contributed by atoms with Crippen LogP contribution in [0.25, 0.3) is 10.3 Å². The van der Waals surface area contributed by atoms with Gasteiger partial charge in [0.05, 0.1) is 23.2 Å². The maximum atomic E-state index is 11.4. The first kappa shape index (κ1) is 16.0. The number of nitrogens with zero attached hydrogens (tertiary/aromatic N) is 2. The highest BCUT2D eigenvalue weighted by atomic mass is 32.2. The van der Waals surface area contributed by atoms with Crippen LogP contribution in [0.15, 0.2) is 17.4 Å². The molecule has 5 nitrogen and oxygen atoms in total. The van der Waals surface area contributed by atoms with Crippen molar-refractivity contribution in [2.24, 2.45) is 0 Å². The molecule has 0 aliphatic rings. The Labute approximate surface area is 142 Å². The number of aromatic nitrogens is 3. The number of imidazole rings is 1. The van der Waals surface area contributed by atoms with Gasteiger partial charge in [-0.05, 0) is 26.8 Å². The first-order chi connectivity index (χ1) is 11.0. The number of thiophene rings is 1. The summed E-state index contributed by atoms with van der Waals surface area (Å²) in [6, 6.07) is 1.86. The van der Waals surface area contributed by atoms with Crippen LogP contribution in [0.5, 0.6) is 5.75 Å². The van der Waals surface area contributed by atoms with E-state index in [9.17, 15) is 4.79 Å². The van der Waals surface area contributed by atoms with Crippen LogP contribution in [0.2, 0.25) is 0 Å². The Bertz CT molecular complexity index is 851. The smallest absolute Gasteiger partial charge is 0.169 e. The van der Waals surface area contributed by atoms with Crippen LogP contribution in [0, 0.1) is 13.8 Å². The van der Waals surface area contributed by atoms with E-state index in [-0.39, 0.29) is 5.78 Å². The molecule has 1 N–H and O–H groups in total. The van der Waals surface area contributed by atoms with E-state index in [0.717, 1.165) is 43.0 Å². The molecule has 0 saturated heterocycles. The van der Waals surface area contributed by atoms with Gasteiger partial charge in [0.25, 0.3) is 0 Å². The number of carbonyl (C=O) groups excluding carboxylic acids is 1. The van der Waals surface area contributed by atoms with Crippen molar-refractivity contribution in [2.75, 3.05) is 7.11 Å². The van der Waals surface area contributed by atoms with Crippen LogP contribution in [-0.4, -0.2) is 27.8 Å². The Hall–Kier alpha value is -1.86. The molecule has 3 heterocycles. The number of hydrogen-bond donors (Lipinski definition) is 1. The molecule has 7 heteroatoms. The average molecular weight is 347 g/mol. The molecule has 0 bridgehead atoms. The molecule has 0 spiro atoms. The molecule has 0 radical (unpaired) electrons. The van der Waals surface area contributed by atoms with Crippen molar-refractivity contribution >= 4 is 39.2 Å². The van der Waals surface area contributed by atoms with Gasteiger partial charge >= 0.3 is 0 Å². The molecule has 0 aliphatic carbocycles. The van der Waals surface area contributed by atoms with E-state index >= 15 is 0 Å². The number of aryl methyl sites for hydroxylation is 1. The van der Waals surface area contributed by atoms with Gasteiger partial charge in [0, 0.05) is 23.1 Å². The second-order valence-electron chi connectivity index (χ2n) is 5.26. The number of fused-ring (bicyclic) bond motifs is 1. The van der Waals surface area contributed by atoms with Crippen LogP contribution in [0.1, 0.15) is 33.4 Å². The van der Waals surface area contributed by atoms with Gasteiger partial charge in [-0.15, -0.1) is 11.3 Å². The summed E-state index contributed by atoms with van der Waals surface area (Å²) in [7, 11) is 1.68. The molecule has 0 atom stereocenters. The third kappa shape index (κ3) is 3.11. The number of methoxy groups -OCH3 is 1. The summed E-state index contributed by atoms with van der Waals surface area (Å²) in [5.41, 5.74) is 4.00. The van der Waals surface area contributed by atoms with Crippen LogP contribution >= 0.6 is 23.1 Å². The fourth-order valence-corrected chi connectivity index (χ4v) is 4.23. The number of ether oxygens (including phenoxy) is 1. The molecule has 23 heavy (non-hydrogen) atoms. The van der Waals surface area contributed by atoms with E-state index < -0.39 is 0 Å². The number of H-pyrrole nitrogens is 1. The van der Waals surface area contributed by atoms with E-state index in [1.807, 2.05) is 26.1 Å². The number of ketones is 1. The maximum Gasteiger partial charge on any atom is 0.169 e. The third-order valence-corrected chi connectivity index (χ3v) is 5.61. The molecule has 3 rings (SSSR count). The molecular weight excluding hydrogens is 330 g/mol. The number of nitrogens with one attached hydrogen (secondary N) is 1. The van der Waals surface area contributed by atoms with Gasteiger partial charge in [0.2, 0.25) is 0 Å². The zero-order valence-electron chi connectivity index (χ0n) is 13.4. The SMILES string of the molecule is COc1c(C)cnc(CSc2nc3sc(C(C)=O)cc3[nH]2)c1C. The molecular formula is C16H17N3O2S2. The van der Waals surface area contributed by atoms with Crippen LogP contribution in [0.4, 0.5) is 0 Å². The summed E-state index contributed by atoms with van der Waals surface area (Å²) in [6.45, 7) is 5.58. The molecule has 0 fully saturated rings. The Morgan fingerprint density at radius 1 is 1.43 bits per heavy atom. The van der Waals surface area contributed by atoms with Gasteiger partial charge < -0.3 is 9.72 Å². The number of aromatic amines is 1. The normalized spacial score (nSPS) is 11.1. The van der Waals surface area contributed by atoms with Gasteiger partial charge in [-0.2, -0.15) is 0 Å². The summed E-state index contributed by atoms with van der Waals surface area (Å²) in [6.07, 6.45) is 1.83. The zero-order chi connectivity index (χ0) is 16.6.